The zero-order valence-electron chi connectivity index (χ0n) is 10.6. The number of likely N-dealkylation sites (N-methyl/N-ethyl adjacent to an activating group) is 1. The molecule has 1 aliphatic heterocycles. The number of aryl methyl sites for hydroxylation is 1. The molecule has 1 heterocycles. The normalized spacial score (nSPS) is 20.0. The molecule has 0 radical (unpaired) electrons. The molecule has 0 aromatic heterocycles. The van der Waals surface area contributed by atoms with Gasteiger partial charge in [-0.15, -0.1) is 0 Å². The number of amides is 1. The van der Waals surface area contributed by atoms with Crippen molar-refractivity contribution < 1.29 is 4.79 Å². The van der Waals surface area contributed by atoms with Gasteiger partial charge in [0.2, 0.25) is 5.91 Å². The van der Waals surface area contributed by atoms with Gasteiger partial charge in [0.1, 0.15) is 0 Å². The molecule has 0 aliphatic carbocycles. The molecule has 0 spiro atoms. The molecule has 1 saturated heterocycles. The van der Waals surface area contributed by atoms with Crippen LogP contribution in [0.3, 0.4) is 0 Å². The molecule has 1 fully saturated rings. The van der Waals surface area contributed by atoms with Gasteiger partial charge in [-0.05, 0) is 38.4 Å². The first kappa shape index (κ1) is 12.1. The maximum atomic E-state index is 12.2. The van der Waals surface area contributed by atoms with Crippen LogP contribution in [0.2, 0.25) is 0 Å². The third kappa shape index (κ3) is 2.86. The van der Waals surface area contributed by atoms with Crippen LogP contribution in [0.15, 0.2) is 24.3 Å². The highest BCUT2D eigenvalue weighted by molar-refractivity contribution is 5.96. The molecule has 3 heteroatoms. The van der Waals surface area contributed by atoms with E-state index in [0.29, 0.717) is 0 Å². The van der Waals surface area contributed by atoms with Gasteiger partial charge in [-0.1, -0.05) is 24.1 Å². The van der Waals surface area contributed by atoms with Crippen molar-refractivity contribution in [2.75, 3.05) is 18.5 Å². The van der Waals surface area contributed by atoms with Crippen LogP contribution in [0.5, 0.6) is 0 Å². The Labute approximate surface area is 103 Å². The second-order valence-electron chi connectivity index (χ2n) is 4.74. The fourth-order valence-corrected chi connectivity index (χ4v) is 2.19. The number of anilines is 1. The molecule has 1 aromatic carbocycles. The van der Waals surface area contributed by atoms with Crippen LogP contribution in [0.25, 0.3) is 0 Å². The van der Waals surface area contributed by atoms with E-state index in [-0.39, 0.29) is 11.9 Å². The van der Waals surface area contributed by atoms with E-state index in [0.717, 1.165) is 25.1 Å². The number of rotatable bonds is 2. The van der Waals surface area contributed by atoms with E-state index in [9.17, 15) is 4.79 Å². The Morgan fingerprint density at radius 2 is 2.00 bits per heavy atom. The number of hydrogen-bond donors (Lipinski definition) is 1. The van der Waals surface area contributed by atoms with E-state index < -0.39 is 0 Å². The van der Waals surface area contributed by atoms with Gasteiger partial charge in [-0.2, -0.15) is 0 Å². The van der Waals surface area contributed by atoms with Crippen LogP contribution in [0, 0.1) is 6.92 Å². The summed E-state index contributed by atoms with van der Waals surface area (Å²) in [7, 11) is 1.85. The second kappa shape index (κ2) is 5.32. The summed E-state index contributed by atoms with van der Waals surface area (Å²) in [5.41, 5.74) is 2.18. The molecule has 0 saturated carbocycles. The van der Waals surface area contributed by atoms with Crippen molar-refractivity contribution in [1.29, 1.82) is 0 Å². The number of piperidine rings is 1. The Bertz CT molecular complexity index is 380. The molecular formula is C14H20N2O. The third-order valence-corrected chi connectivity index (χ3v) is 3.36. The van der Waals surface area contributed by atoms with Crippen LogP contribution >= 0.6 is 0 Å². The van der Waals surface area contributed by atoms with Crippen molar-refractivity contribution in [2.24, 2.45) is 0 Å². The van der Waals surface area contributed by atoms with Crippen molar-refractivity contribution in [3.63, 3.8) is 0 Å². The zero-order valence-corrected chi connectivity index (χ0v) is 10.6. The molecule has 1 atom stereocenters. The smallest absolute Gasteiger partial charge is 0.243 e. The predicted molar refractivity (Wildman–Crippen MR) is 70.2 cm³/mol. The molecule has 17 heavy (non-hydrogen) atoms. The summed E-state index contributed by atoms with van der Waals surface area (Å²) >= 11 is 0. The van der Waals surface area contributed by atoms with Gasteiger partial charge in [0.05, 0.1) is 6.04 Å². The summed E-state index contributed by atoms with van der Waals surface area (Å²) < 4.78 is 0. The van der Waals surface area contributed by atoms with Gasteiger partial charge < -0.3 is 10.2 Å². The number of carbonyl (C=O) groups is 1. The lowest BCUT2D eigenvalue weighted by Gasteiger charge is -2.27. The van der Waals surface area contributed by atoms with Crippen molar-refractivity contribution in [1.82, 2.24) is 5.32 Å². The Kier molecular flexibility index (Phi) is 3.79. The highest BCUT2D eigenvalue weighted by Gasteiger charge is 2.24. The van der Waals surface area contributed by atoms with Crippen LogP contribution in [0.4, 0.5) is 5.69 Å². The minimum Gasteiger partial charge on any atom is -0.314 e. The number of carbonyl (C=O) groups excluding carboxylic acids is 1. The van der Waals surface area contributed by atoms with E-state index >= 15 is 0 Å². The molecule has 3 nitrogen and oxygen atoms in total. The highest BCUT2D eigenvalue weighted by atomic mass is 16.2. The molecule has 92 valence electrons. The van der Waals surface area contributed by atoms with E-state index in [2.05, 4.69) is 5.32 Å². The molecule has 0 unspecified atom stereocenters. The summed E-state index contributed by atoms with van der Waals surface area (Å²) in [6, 6.07) is 8.06. The van der Waals surface area contributed by atoms with E-state index in [1.807, 2.05) is 38.2 Å². The molecule has 1 N–H and O–H groups in total. The average molecular weight is 232 g/mol. The summed E-state index contributed by atoms with van der Waals surface area (Å²) in [6.07, 6.45) is 3.28. The van der Waals surface area contributed by atoms with E-state index in [1.165, 1.54) is 12.0 Å². The lowest BCUT2D eigenvalue weighted by Crippen LogP contribution is -2.47. The maximum absolute atomic E-state index is 12.2. The number of nitrogens with zero attached hydrogens (tertiary/aromatic N) is 1. The quantitative estimate of drug-likeness (QED) is 0.847. The minimum absolute atomic E-state index is 0.00458. The maximum Gasteiger partial charge on any atom is 0.243 e. The highest BCUT2D eigenvalue weighted by Crippen LogP contribution is 2.17. The molecule has 1 aromatic rings. The molecule has 1 amide bonds. The Morgan fingerprint density at radius 1 is 1.29 bits per heavy atom. The molecule has 2 rings (SSSR count). The molecular weight excluding hydrogens is 212 g/mol. The SMILES string of the molecule is Cc1ccc(N(C)C(=O)[C@H]2CCCCN2)cc1. The van der Waals surface area contributed by atoms with Crippen molar-refractivity contribution in [2.45, 2.75) is 32.2 Å². The van der Waals surface area contributed by atoms with Crippen LogP contribution < -0.4 is 10.2 Å². The fraction of sp³-hybridized carbons (Fsp3) is 0.500. The van der Waals surface area contributed by atoms with Crippen molar-refractivity contribution in [3.05, 3.63) is 29.8 Å². The van der Waals surface area contributed by atoms with Crippen molar-refractivity contribution >= 4 is 11.6 Å². The Balaban J connectivity index is 2.05. The van der Waals surface area contributed by atoms with Crippen LogP contribution in [-0.4, -0.2) is 25.5 Å². The standard InChI is InChI=1S/C14H20N2O/c1-11-6-8-12(9-7-11)16(2)14(17)13-5-3-4-10-15-13/h6-9,13,15H,3-5,10H2,1-2H3/t13-/m1/s1. The number of nitrogens with one attached hydrogen (secondary N) is 1. The van der Waals surface area contributed by atoms with Crippen molar-refractivity contribution in [3.8, 4) is 0 Å². The number of hydrogen-bond acceptors (Lipinski definition) is 2. The lowest BCUT2D eigenvalue weighted by molar-refractivity contribution is -0.120. The first-order valence-corrected chi connectivity index (χ1v) is 6.26. The van der Waals surface area contributed by atoms with Gasteiger partial charge in [-0.25, -0.2) is 0 Å². The predicted octanol–water partition coefficient (Wildman–Crippen LogP) is 2.10. The average Bonchev–Trinajstić information content (AvgIpc) is 2.39. The molecule has 0 bridgehead atoms. The summed E-state index contributed by atoms with van der Waals surface area (Å²) in [6.45, 7) is 3.01. The zero-order chi connectivity index (χ0) is 12.3. The first-order chi connectivity index (χ1) is 8.18. The summed E-state index contributed by atoms with van der Waals surface area (Å²) in [4.78, 5) is 14.0. The topological polar surface area (TPSA) is 32.3 Å². The van der Waals surface area contributed by atoms with Crippen LogP contribution in [-0.2, 0) is 4.79 Å². The summed E-state index contributed by atoms with van der Waals surface area (Å²) in [5.74, 6) is 0.175. The molecule has 1 aliphatic rings. The second-order valence-corrected chi connectivity index (χ2v) is 4.74. The number of benzene rings is 1. The summed E-state index contributed by atoms with van der Waals surface area (Å²) in [5, 5.41) is 3.29. The Morgan fingerprint density at radius 3 is 2.59 bits per heavy atom. The monoisotopic (exact) mass is 232 g/mol. The van der Waals surface area contributed by atoms with E-state index in [1.54, 1.807) is 4.90 Å². The minimum atomic E-state index is -0.00458. The van der Waals surface area contributed by atoms with Crippen LogP contribution in [0.1, 0.15) is 24.8 Å². The van der Waals surface area contributed by atoms with Gasteiger partial charge in [0, 0.05) is 12.7 Å². The van der Waals surface area contributed by atoms with E-state index in [4.69, 9.17) is 0 Å². The Hall–Kier alpha value is -1.35. The lowest BCUT2D eigenvalue weighted by atomic mass is 10.0. The van der Waals surface area contributed by atoms with Gasteiger partial charge in [0.15, 0.2) is 0 Å². The largest absolute Gasteiger partial charge is 0.314 e. The first-order valence-electron chi connectivity index (χ1n) is 6.26. The van der Waals surface area contributed by atoms with Gasteiger partial charge in [-0.3, -0.25) is 4.79 Å². The van der Waals surface area contributed by atoms with Gasteiger partial charge in [0.25, 0.3) is 0 Å². The van der Waals surface area contributed by atoms with Gasteiger partial charge >= 0.3 is 0 Å². The third-order valence-electron chi connectivity index (χ3n) is 3.36. The fourth-order valence-electron chi connectivity index (χ4n) is 2.19.